The summed E-state index contributed by atoms with van der Waals surface area (Å²) in [5.41, 5.74) is 7.15. The van der Waals surface area contributed by atoms with Gasteiger partial charge in [-0.3, -0.25) is 0 Å². The second-order valence-corrected chi connectivity index (χ2v) is 7.23. The molecule has 1 aromatic heterocycles. The lowest BCUT2D eigenvalue weighted by Gasteiger charge is -2.33. The van der Waals surface area contributed by atoms with Crippen LogP contribution >= 0.6 is 0 Å². The summed E-state index contributed by atoms with van der Waals surface area (Å²) < 4.78 is 5.50. The molecule has 3 N–H and O–H groups in total. The highest BCUT2D eigenvalue weighted by Gasteiger charge is 2.38. The van der Waals surface area contributed by atoms with Crippen molar-refractivity contribution in [3.05, 3.63) is 11.8 Å². The average molecular weight is 303 g/mol. The molecule has 4 heterocycles. The van der Waals surface area contributed by atoms with Crippen LogP contribution in [0.15, 0.2) is 6.07 Å². The third kappa shape index (κ3) is 2.44. The van der Waals surface area contributed by atoms with E-state index in [0.717, 1.165) is 75.6 Å². The van der Waals surface area contributed by atoms with Crippen LogP contribution in [0.25, 0.3) is 0 Å². The fraction of sp³-hybridized carbons (Fsp3) is 0.750. The van der Waals surface area contributed by atoms with Gasteiger partial charge >= 0.3 is 0 Å². The van der Waals surface area contributed by atoms with Gasteiger partial charge in [0, 0.05) is 50.9 Å². The molecule has 0 radical (unpaired) electrons. The minimum absolute atomic E-state index is 0.0568. The summed E-state index contributed by atoms with van der Waals surface area (Å²) in [7, 11) is 0. The maximum absolute atomic E-state index is 6.02. The number of nitrogens with one attached hydrogen (secondary N) is 1. The third-order valence-corrected chi connectivity index (χ3v) is 5.66. The van der Waals surface area contributed by atoms with Crippen molar-refractivity contribution >= 4 is 11.8 Å². The lowest BCUT2D eigenvalue weighted by atomic mass is 9.79. The van der Waals surface area contributed by atoms with E-state index in [1.165, 1.54) is 0 Å². The monoisotopic (exact) mass is 303 g/mol. The molecule has 2 unspecified atom stereocenters. The molecule has 1 aromatic rings. The van der Waals surface area contributed by atoms with Gasteiger partial charge in [-0.25, -0.2) is 4.98 Å². The van der Waals surface area contributed by atoms with Gasteiger partial charge in [-0.05, 0) is 24.7 Å². The van der Waals surface area contributed by atoms with E-state index in [4.69, 9.17) is 10.5 Å². The fourth-order valence-corrected chi connectivity index (χ4v) is 4.04. The number of nitrogens with zero attached hydrogens (tertiary/aromatic N) is 3. The van der Waals surface area contributed by atoms with Gasteiger partial charge in [0.2, 0.25) is 5.95 Å². The Kier molecular flexibility index (Phi) is 3.46. The van der Waals surface area contributed by atoms with Crippen LogP contribution in [0.1, 0.15) is 25.5 Å². The minimum atomic E-state index is 0.0568. The molecule has 0 saturated carbocycles. The number of nitrogen functional groups attached to an aromatic ring is 1. The smallest absolute Gasteiger partial charge is 0.222 e. The number of rotatable bonds is 2. The summed E-state index contributed by atoms with van der Waals surface area (Å²) in [5, 5.41) is 3.48. The summed E-state index contributed by atoms with van der Waals surface area (Å²) in [4.78, 5) is 11.4. The summed E-state index contributed by atoms with van der Waals surface area (Å²) in [6.07, 6.45) is 2.00. The molecule has 0 spiro atoms. The van der Waals surface area contributed by atoms with Crippen molar-refractivity contribution in [2.45, 2.75) is 25.2 Å². The van der Waals surface area contributed by atoms with E-state index in [1.54, 1.807) is 0 Å². The fourth-order valence-electron chi connectivity index (χ4n) is 4.04. The summed E-state index contributed by atoms with van der Waals surface area (Å²) >= 11 is 0. The Balaban J connectivity index is 1.61. The number of nitrogens with two attached hydrogens (primary N) is 1. The quantitative estimate of drug-likeness (QED) is 0.841. The predicted molar refractivity (Wildman–Crippen MR) is 85.9 cm³/mol. The Bertz CT molecular complexity index is 545. The van der Waals surface area contributed by atoms with Gasteiger partial charge in [-0.2, -0.15) is 4.98 Å². The van der Waals surface area contributed by atoms with E-state index < -0.39 is 0 Å². The van der Waals surface area contributed by atoms with Crippen molar-refractivity contribution in [3.8, 4) is 0 Å². The Morgan fingerprint density at radius 2 is 1.91 bits per heavy atom. The molecule has 120 valence electrons. The summed E-state index contributed by atoms with van der Waals surface area (Å²) in [6.45, 7) is 8.28. The third-order valence-electron chi connectivity index (χ3n) is 5.66. The molecule has 4 rings (SSSR count). The van der Waals surface area contributed by atoms with Crippen molar-refractivity contribution in [2.24, 2.45) is 11.8 Å². The number of fused-ring (bicyclic) bond motifs is 1. The molecule has 0 bridgehead atoms. The second kappa shape index (κ2) is 5.35. The average Bonchev–Trinajstić information content (AvgIpc) is 3.08. The van der Waals surface area contributed by atoms with E-state index in [1.807, 2.05) is 0 Å². The molecular formula is C16H25N5O. The zero-order chi connectivity index (χ0) is 15.2. The molecule has 6 nitrogen and oxygen atoms in total. The first-order valence-electron chi connectivity index (χ1n) is 8.32. The number of hydrogen-bond donors (Lipinski definition) is 2. The first kappa shape index (κ1) is 14.2. The van der Waals surface area contributed by atoms with Gasteiger partial charge in [0.25, 0.3) is 0 Å². The van der Waals surface area contributed by atoms with Crippen molar-refractivity contribution < 1.29 is 4.74 Å². The topological polar surface area (TPSA) is 76.3 Å². The van der Waals surface area contributed by atoms with E-state index in [0.29, 0.717) is 5.95 Å². The molecular weight excluding hydrogens is 278 g/mol. The first-order chi connectivity index (χ1) is 10.6. The van der Waals surface area contributed by atoms with Gasteiger partial charge in [0.05, 0.1) is 5.69 Å². The van der Waals surface area contributed by atoms with Crippen LogP contribution in [0.3, 0.4) is 0 Å². The van der Waals surface area contributed by atoms with Gasteiger partial charge in [-0.15, -0.1) is 0 Å². The molecule has 2 atom stereocenters. The van der Waals surface area contributed by atoms with Crippen molar-refractivity contribution in [2.75, 3.05) is 50.0 Å². The summed E-state index contributed by atoms with van der Waals surface area (Å²) in [5.74, 6) is 2.90. The maximum atomic E-state index is 6.02. The zero-order valence-corrected chi connectivity index (χ0v) is 13.2. The lowest BCUT2D eigenvalue weighted by Crippen LogP contribution is -2.33. The predicted octanol–water partition coefficient (Wildman–Crippen LogP) is 0.783. The van der Waals surface area contributed by atoms with E-state index in [2.05, 4.69) is 33.2 Å². The Labute approximate surface area is 131 Å². The highest BCUT2D eigenvalue weighted by molar-refractivity contribution is 5.46. The molecule has 0 aliphatic carbocycles. The second-order valence-electron chi connectivity index (χ2n) is 7.23. The van der Waals surface area contributed by atoms with Gasteiger partial charge in [0.15, 0.2) is 0 Å². The maximum Gasteiger partial charge on any atom is 0.222 e. The van der Waals surface area contributed by atoms with Crippen LogP contribution in [0.5, 0.6) is 0 Å². The van der Waals surface area contributed by atoms with Gasteiger partial charge in [-0.1, -0.05) is 6.92 Å². The highest BCUT2D eigenvalue weighted by atomic mass is 16.5. The largest absolute Gasteiger partial charge is 0.381 e. The normalized spacial score (nSPS) is 30.5. The van der Waals surface area contributed by atoms with Crippen molar-refractivity contribution in [1.29, 1.82) is 0 Å². The molecule has 3 fully saturated rings. The number of ether oxygens (including phenoxy) is 1. The Morgan fingerprint density at radius 1 is 1.23 bits per heavy atom. The molecule has 3 saturated heterocycles. The summed E-state index contributed by atoms with van der Waals surface area (Å²) in [6, 6.07) is 2.16. The highest BCUT2D eigenvalue weighted by Crippen LogP contribution is 2.36. The molecule has 3 aliphatic heterocycles. The minimum Gasteiger partial charge on any atom is -0.381 e. The van der Waals surface area contributed by atoms with Crippen LogP contribution in [0, 0.1) is 11.8 Å². The number of anilines is 2. The molecule has 0 aromatic carbocycles. The van der Waals surface area contributed by atoms with Crippen LogP contribution in [-0.4, -0.2) is 49.4 Å². The molecule has 22 heavy (non-hydrogen) atoms. The van der Waals surface area contributed by atoms with Gasteiger partial charge in [0.1, 0.15) is 5.82 Å². The van der Waals surface area contributed by atoms with Crippen LogP contribution in [0.4, 0.5) is 11.8 Å². The SMILES string of the molecule is CC1(c2cc(N3CC4CNCC4C3)nc(N)n2)CCOCC1. The first-order valence-corrected chi connectivity index (χ1v) is 8.32. The van der Waals surface area contributed by atoms with Crippen LogP contribution < -0.4 is 16.0 Å². The Hall–Kier alpha value is -1.40. The van der Waals surface area contributed by atoms with E-state index in [-0.39, 0.29) is 5.41 Å². The zero-order valence-electron chi connectivity index (χ0n) is 13.2. The standard InChI is InChI=1S/C16H25N5O/c1-16(2-4-22-5-3-16)13-6-14(20-15(17)19-13)21-9-11-7-18-8-12(11)10-21/h6,11-12,18H,2-5,7-10H2,1H3,(H2,17,19,20). The Morgan fingerprint density at radius 3 is 2.59 bits per heavy atom. The number of aromatic nitrogens is 2. The molecule has 3 aliphatic rings. The molecule has 0 amide bonds. The van der Waals surface area contributed by atoms with Gasteiger partial charge < -0.3 is 20.7 Å². The van der Waals surface area contributed by atoms with E-state index >= 15 is 0 Å². The van der Waals surface area contributed by atoms with E-state index in [9.17, 15) is 0 Å². The number of hydrogen-bond acceptors (Lipinski definition) is 6. The lowest BCUT2D eigenvalue weighted by molar-refractivity contribution is 0.0551. The van der Waals surface area contributed by atoms with Crippen molar-refractivity contribution in [1.82, 2.24) is 15.3 Å². The van der Waals surface area contributed by atoms with Crippen molar-refractivity contribution in [3.63, 3.8) is 0 Å². The van der Waals surface area contributed by atoms with Crippen LogP contribution in [0.2, 0.25) is 0 Å². The molecule has 6 heteroatoms. The van der Waals surface area contributed by atoms with Crippen LogP contribution in [-0.2, 0) is 10.2 Å².